The summed E-state index contributed by atoms with van der Waals surface area (Å²) >= 11 is 0. The van der Waals surface area contributed by atoms with E-state index < -0.39 is 0 Å². The molecular formula is C53H33N3O. The SMILES string of the molecule is c1ccc(-c2ccc3cc(-c4nc(-c5ccccc5)nc(-c5ccc6c(c5)oc5cccc(-c7ccc(-c8cccc9ccccc89)cc7)c56)n4)ccc3c2)cc1. The molecule has 0 aliphatic carbocycles. The fourth-order valence-corrected chi connectivity index (χ4v) is 8.06. The van der Waals surface area contributed by atoms with Crippen molar-refractivity contribution in [3.05, 3.63) is 200 Å². The lowest BCUT2D eigenvalue weighted by Gasteiger charge is -2.10. The first-order chi connectivity index (χ1) is 28.2. The van der Waals surface area contributed by atoms with Crippen LogP contribution >= 0.6 is 0 Å². The van der Waals surface area contributed by atoms with Crippen LogP contribution < -0.4 is 0 Å². The largest absolute Gasteiger partial charge is 0.456 e. The molecule has 0 amide bonds. The molecule has 4 nitrogen and oxygen atoms in total. The fraction of sp³-hybridized carbons (Fsp3) is 0. The Hall–Kier alpha value is -7.69. The maximum absolute atomic E-state index is 6.57. The molecule has 0 spiro atoms. The van der Waals surface area contributed by atoms with Crippen molar-refractivity contribution in [1.82, 2.24) is 15.0 Å². The lowest BCUT2D eigenvalue weighted by atomic mass is 9.94. The van der Waals surface area contributed by atoms with Gasteiger partial charge in [0.05, 0.1) is 0 Å². The van der Waals surface area contributed by atoms with E-state index in [9.17, 15) is 0 Å². The molecule has 266 valence electrons. The molecule has 2 heterocycles. The zero-order valence-corrected chi connectivity index (χ0v) is 30.8. The van der Waals surface area contributed by atoms with Crippen molar-refractivity contribution in [3.63, 3.8) is 0 Å². The fourth-order valence-electron chi connectivity index (χ4n) is 8.06. The third kappa shape index (κ3) is 5.92. The zero-order chi connectivity index (χ0) is 37.7. The lowest BCUT2D eigenvalue weighted by molar-refractivity contribution is 0.669. The Morgan fingerprint density at radius 3 is 1.56 bits per heavy atom. The first kappa shape index (κ1) is 32.7. The summed E-state index contributed by atoms with van der Waals surface area (Å²) in [7, 11) is 0. The predicted octanol–water partition coefficient (Wildman–Crippen LogP) is 14.1. The maximum atomic E-state index is 6.57. The average molecular weight is 728 g/mol. The van der Waals surface area contributed by atoms with E-state index >= 15 is 0 Å². The number of nitrogens with zero attached hydrogens (tertiary/aromatic N) is 3. The molecule has 0 unspecified atom stereocenters. The van der Waals surface area contributed by atoms with E-state index in [1.807, 2.05) is 42.5 Å². The van der Waals surface area contributed by atoms with Gasteiger partial charge in [0.1, 0.15) is 11.2 Å². The Kier molecular flexibility index (Phi) is 7.78. The van der Waals surface area contributed by atoms with Gasteiger partial charge in [-0.05, 0) is 85.3 Å². The number of aromatic nitrogens is 3. The molecule has 0 saturated carbocycles. The number of hydrogen-bond acceptors (Lipinski definition) is 4. The van der Waals surface area contributed by atoms with Crippen LogP contribution in [0.2, 0.25) is 0 Å². The van der Waals surface area contributed by atoms with E-state index in [-0.39, 0.29) is 0 Å². The Morgan fingerprint density at radius 2 is 0.807 bits per heavy atom. The van der Waals surface area contributed by atoms with E-state index in [4.69, 9.17) is 19.4 Å². The molecule has 0 saturated heterocycles. The molecule has 9 aromatic carbocycles. The Labute approximate surface area is 329 Å². The molecule has 11 rings (SSSR count). The van der Waals surface area contributed by atoms with Gasteiger partial charge in [0.2, 0.25) is 0 Å². The van der Waals surface area contributed by atoms with Gasteiger partial charge in [0, 0.05) is 27.5 Å². The van der Waals surface area contributed by atoms with Gasteiger partial charge in [-0.1, -0.05) is 170 Å². The van der Waals surface area contributed by atoms with Gasteiger partial charge in [0.15, 0.2) is 17.5 Å². The zero-order valence-electron chi connectivity index (χ0n) is 30.8. The molecular weight excluding hydrogens is 695 g/mol. The first-order valence-corrected chi connectivity index (χ1v) is 19.2. The van der Waals surface area contributed by atoms with Gasteiger partial charge in [0.25, 0.3) is 0 Å². The maximum Gasteiger partial charge on any atom is 0.164 e. The molecule has 0 atom stereocenters. The highest BCUT2D eigenvalue weighted by atomic mass is 16.3. The monoisotopic (exact) mass is 727 g/mol. The summed E-state index contributed by atoms with van der Waals surface area (Å²) in [6.45, 7) is 0. The van der Waals surface area contributed by atoms with Crippen molar-refractivity contribution < 1.29 is 4.42 Å². The average Bonchev–Trinajstić information content (AvgIpc) is 3.67. The second-order valence-electron chi connectivity index (χ2n) is 14.4. The van der Waals surface area contributed by atoms with Gasteiger partial charge in [-0.15, -0.1) is 0 Å². The van der Waals surface area contributed by atoms with Gasteiger partial charge in [-0.25, -0.2) is 15.0 Å². The van der Waals surface area contributed by atoms with Crippen LogP contribution in [0.25, 0.3) is 111 Å². The van der Waals surface area contributed by atoms with Crippen molar-refractivity contribution in [3.8, 4) is 67.5 Å². The molecule has 57 heavy (non-hydrogen) atoms. The van der Waals surface area contributed by atoms with E-state index in [2.05, 4.69) is 158 Å². The van der Waals surface area contributed by atoms with Crippen molar-refractivity contribution in [2.24, 2.45) is 0 Å². The molecule has 0 radical (unpaired) electrons. The minimum absolute atomic E-state index is 0.588. The third-order valence-electron chi connectivity index (χ3n) is 10.9. The third-order valence-corrected chi connectivity index (χ3v) is 10.9. The first-order valence-electron chi connectivity index (χ1n) is 19.2. The molecule has 0 fully saturated rings. The van der Waals surface area contributed by atoms with Crippen LogP contribution in [0.1, 0.15) is 0 Å². The summed E-state index contributed by atoms with van der Waals surface area (Å²) < 4.78 is 6.57. The smallest absolute Gasteiger partial charge is 0.164 e. The van der Waals surface area contributed by atoms with Gasteiger partial charge in [-0.3, -0.25) is 0 Å². The molecule has 11 aromatic rings. The quantitative estimate of drug-likeness (QED) is 0.171. The Bertz CT molecular complexity index is 3270. The molecule has 0 aliphatic heterocycles. The van der Waals surface area contributed by atoms with Crippen molar-refractivity contribution in [1.29, 1.82) is 0 Å². The molecule has 4 heteroatoms. The number of rotatable bonds is 6. The standard InChI is InChI=1S/C53H33N3O/c1-3-11-34(12-4-1)39-25-26-41-32-42(28-27-40(41)31-39)52-54-51(38-14-5-2-6-15-38)55-53(56-52)43-29-30-47-49(33-43)57-48-20-10-19-46(50(47)48)37-23-21-36(22-24-37)45-18-9-16-35-13-7-8-17-44(35)45/h1-33H. The minimum atomic E-state index is 0.588. The van der Waals surface area contributed by atoms with Gasteiger partial charge < -0.3 is 4.42 Å². The highest BCUT2D eigenvalue weighted by Gasteiger charge is 2.17. The van der Waals surface area contributed by atoms with Gasteiger partial charge >= 0.3 is 0 Å². The van der Waals surface area contributed by atoms with Crippen molar-refractivity contribution in [2.45, 2.75) is 0 Å². The van der Waals surface area contributed by atoms with Crippen LogP contribution in [-0.2, 0) is 0 Å². The summed E-state index contributed by atoms with van der Waals surface area (Å²) in [6.07, 6.45) is 0. The number of furan rings is 1. The van der Waals surface area contributed by atoms with Crippen LogP contribution in [0.15, 0.2) is 205 Å². The normalized spacial score (nSPS) is 11.5. The summed E-state index contributed by atoms with van der Waals surface area (Å²) in [4.78, 5) is 15.1. The number of hydrogen-bond donors (Lipinski definition) is 0. The topological polar surface area (TPSA) is 51.8 Å². The predicted molar refractivity (Wildman–Crippen MR) is 235 cm³/mol. The van der Waals surface area contributed by atoms with Crippen LogP contribution in [0.3, 0.4) is 0 Å². The minimum Gasteiger partial charge on any atom is -0.456 e. The Morgan fingerprint density at radius 1 is 0.281 bits per heavy atom. The van der Waals surface area contributed by atoms with Crippen LogP contribution in [0, 0.1) is 0 Å². The number of benzene rings is 9. The Balaban J connectivity index is 0.984. The van der Waals surface area contributed by atoms with Gasteiger partial charge in [-0.2, -0.15) is 0 Å². The van der Waals surface area contributed by atoms with Crippen LogP contribution in [0.5, 0.6) is 0 Å². The highest BCUT2D eigenvalue weighted by molar-refractivity contribution is 6.13. The van der Waals surface area contributed by atoms with E-state index in [0.29, 0.717) is 17.5 Å². The van der Waals surface area contributed by atoms with Crippen molar-refractivity contribution >= 4 is 43.5 Å². The highest BCUT2D eigenvalue weighted by Crippen LogP contribution is 2.39. The van der Waals surface area contributed by atoms with Crippen LogP contribution in [0.4, 0.5) is 0 Å². The summed E-state index contributed by atoms with van der Waals surface area (Å²) in [5, 5.41) is 6.91. The molecule has 0 bridgehead atoms. The summed E-state index contributed by atoms with van der Waals surface area (Å²) in [6, 6.07) is 70.0. The summed E-state index contributed by atoms with van der Waals surface area (Å²) in [5.41, 5.74) is 11.4. The van der Waals surface area contributed by atoms with E-state index in [0.717, 1.165) is 60.5 Å². The molecule has 2 aromatic heterocycles. The summed E-state index contributed by atoms with van der Waals surface area (Å²) in [5.74, 6) is 1.82. The molecule has 0 N–H and O–H groups in total. The second-order valence-corrected chi connectivity index (χ2v) is 14.4. The van der Waals surface area contributed by atoms with Crippen LogP contribution in [-0.4, -0.2) is 15.0 Å². The van der Waals surface area contributed by atoms with Crippen molar-refractivity contribution in [2.75, 3.05) is 0 Å². The second kappa shape index (κ2) is 13.6. The molecule has 0 aliphatic rings. The van der Waals surface area contributed by atoms with E-state index in [1.165, 1.54) is 33.0 Å². The number of fused-ring (bicyclic) bond motifs is 5. The van der Waals surface area contributed by atoms with E-state index in [1.54, 1.807) is 0 Å². The lowest BCUT2D eigenvalue weighted by Crippen LogP contribution is -2.00.